The zero-order chi connectivity index (χ0) is 55.9. The minimum Gasteiger partial charge on any atom is -0.436 e. The summed E-state index contributed by atoms with van der Waals surface area (Å²) < 4.78 is 6.13. The second kappa shape index (κ2) is 24.7. The van der Waals surface area contributed by atoms with Gasteiger partial charge in [0.1, 0.15) is 5.01 Å². The van der Waals surface area contributed by atoms with E-state index >= 15 is 0 Å². The molecule has 2 aliphatic heterocycles. The molecule has 0 fully saturated rings. The lowest BCUT2D eigenvalue weighted by molar-refractivity contribution is -0.111. The van der Waals surface area contributed by atoms with Crippen LogP contribution in [0, 0.1) is 34.6 Å². The molecule has 0 bridgehead atoms. The van der Waals surface area contributed by atoms with Crippen LogP contribution in [0.5, 0.6) is 0 Å². The number of carbonyl (C=O) groups excluding carboxylic acids is 4. The van der Waals surface area contributed by atoms with E-state index in [-0.39, 0.29) is 23.4 Å². The molecule has 0 saturated heterocycles. The van der Waals surface area contributed by atoms with Crippen molar-refractivity contribution >= 4 is 69.4 Å². The Balaban J connectivity index is 0.000000192. The number of nitrogens with zero attached hydrogens (tertiary/aromatic N) is 4. The maximum absolute atomic E-state index is 13.1. The first-order valence-electron chi connectivity index (χ1n) is 27.5. The zero-order valence-electron chi connectivity index (χ0n) is 46.8. The van der Waals surface area contributed by atoms with Crippen molar-refractivity contribution in [1.29, 1.82) is 0 Å². The number of anilines is 2. The largest absolute Gasteiger partial charge is 0.436 e. The minimum atomic E-state index is -0.176. The molecule has 406 valence electrons. The van der Waals surface area contributed by atoms with Gasteiger partial charge in [-0.15, -0.1) is 11.3 Å². The number of ketones is 2. The number of hydrogen-bond acceptors (Lipinski definition) is 10. The molecule has 4 aromatic carbocycles. The molecule has 14 heteroatoms. The lowest BCUT2D eigenvalue weighted by atomic mass is 9.99. The molecule has 10 rings (SSSR count). The van der Waals surface area contributed by atoms with Crippen molar-refractivity contribution in [3.8, 4) is 44.6 Å². The normalized spacial score (nSPS) is 13.8. The van der Waals surface area contributed by atoms with Gasteiger partial charge in [-0.1, -0.05) is 100 Å². The van der Waals surface area contributed by atoms with Crippen LogP contribution in [0.1, 0.15) is 125 Å². The Kier molecular flexibility index (Phi) is 17.4. The van der Waals surface area contributed by atoms with Gasteiger partial charge < -0.3 is 34.8 Å². The number of aromatic amines is 2. The van der Waals surface area contributed by atoms with Gasteiger partial charge in [0, 0.05) is 96.9 Å². The maximum Gasteiger partial charge on any atom is 0.256 e. The Hall–Kier alpha value is -8.04. The third-order valence-electron chi connectivity index (χ3n) is 15.1. The molecule has 4 aromatic heterocycles. The minimum absolute atomic E-state index is 0.140. The molecule has 8 aromatic rings. The van der Waals surface area contributed by atoms with E-state index < -0.39 is 0 Å². The third-order valence-corrected chi connectivity index (χ3v) is 16.0. The van der Waals surface area contributed by atoms with Gasteiger partial charge in [0.2, 0.25) is 5.89 Å². The van der Waals surface area contributed by atoms with E-state index in [9.17, 15) is 19.2 Å². The van der Waals surface area contributed by atoms with E-state index in [0.29, 0.717) is 35.6 Å². The molecule has 0 unspecified atom stereocenters. The predicted molar refractivity (Wildman–Crippen MR) is 321 cm³/mol. The van der Waals surface area contributed by atoms with Gasteiger partial charge in [0.15, 0.2) is 17.3 Å². The summed E-state index contributed by atoms with van der Waals surface area (Å²) in [4.78, 5) is 73.0. The monoisotopic (exact) mass is 1070 g/mol. The number of fused-ring (bicyclic) bond motifs is 2. The van der Waals surface area contributed by atoms with Crippen molar-refractivity contribution < 1.29 is 23.6 Å². The molecule has 4 N–H and O–H groups in total. The highest BCUT2D eigenvalue weighted by Gasteiger charge is 2.29. The van der Waals surface area contributed by atoms with Crippen LogP contribution in [-0.2, 0) is 9.59 Å². The van der Waals surface area contributed by atoms with Gasteiger partial charge in [-0.05, 0) is 134 Å². The highest BCUT2D eigenvalue weighted by molar-refractivity contribution is 7.13. The molecule has 13 nitrogen and oxygen atoms in total. The molecule has 2 amide bonds. The first-order chi connectivity index (χ1) is 38.2. The van der Waals surface area contributed by atoms with Crippen LogP contribution in [0.4, 0.5) is 11.4 Å². The van der Waals surface area contributed by atoms with Gasteiger partial charge in [-0.25, -0.2) is 9.97 Å². The fourth-order valence-corrected chi connectivity index (χ4v) is 11.5. The molecule has 2 aliphatic rings. The number of benzene rings is 4. The summed E-state index contributed by atoms with van der Waals surface area (Å²) in [6.45, 7) is 24.0. The Bertz CT molecular complexity index is 3610. The Morgan fingerprint density at radius 2 is 1.05 bits per heavy atom. The van der Waals surface area contributed by atoms with Crippen LogP contribution in [0.25, 0.3) is 67.9 Å². The van der Waals surface area contributed by atoms with Gasteiger partial charge in [0.05, 0.1) is 22.5 Å². The molecule has 0 saturated carbocycles. The summed E-state index contributed by atoms with van der Waals surface area (Å²) in [5.74, 6) is 1.20. The average Bonchev–Trinajstić information content (AvgIpc) is 4.45. The first-order valence-corrected chi connectivity index (χ1v) is 28.4. The summed E-state index contributed by atoms with van der Waals surface area (Å²) in [6.07, 6.45) is 6.41. The number of aromatic nitrogens is 4. The summed E-state index contributed by atoms with van der Waals surface area (Å²) in [5, 5.41) is 9.02. The molecule has 6 heterocycles. The number of amides is 2. The standard InChI is InChI=1S/C33H36N4O3.C32H34N4O2S/c1-6-37(7-2)17-11-14-29(38)30-20(3)27(34-21(30)4)19-26-25-16-15-24(18-28(25)36-32(26)39)31-22(5)35-33(40-31)23-12-9-8-10-13-23;1-5-36(6-2)16-10-13-29(37)30-20(3)26(33-21(30)4)18-25-24-15-14-23(17-27(24)34-31(25)38)28-19-39-32(35-28)22-11-8-7-9-12-22/h8-10,12-13,15-16,18-19,34H,6-7,11,14,17H2,1-5H3,(H,36,39);7-9,11-12,14-15,17-19,33H,5-6,10,13,16H2,1-4H3,(H,34,38)/b26-19-;25-18-. The number of hydrogen-bond donors (Lipinski definition) is 4. The van der Waals surface area contributed by atoms with Crippen molar-refractivity contribution in [2.45, 2.75) is 88.0 Å². The molecule has 0 spiro atoms. The van der Waals surface area contributed by atoms with E-state index in [4.69, 9.17) is 9.40 Å². The van der Waals surface area contributed by atoms with Gasteiger partial charge in [0.25, 0.3) is 11.8 Å². The number of oxazole rings is 1. The van der Waals surface area contributed by atoms with E-state index in [2.05, 4.69) is 75.2 Å². The smallest absolute Gasteiger partial charge is 0.256 e. The van der Waals surface area contributed by atoms with Crippen LogP contribution >= 0.6 is 11.3 Å². The van der Waals surface area contributed by atoms with E-state index in [0.717, 1.165) is 158 Å². The summed E-state index contributed by atoms with van der Waals surface area (Å²) in [6, 6.07) is 31.7. The van der Waals surface area contributed by atoms with Crippen LogP contribution < -0.4 is 10.6 Å². The number of Topliss-reactive ketones (excluding diaryl/α,β-unsaturated/α-hetero) is 2. The Morgan fingerprint density at radius 1 is 0.582 bits per heavy atom. The fraction of sp³-hybridized carbons (Fsp3) is 0.292. The number of carbonyl (C=O) groups is 4. The molecule has 0 aliphatic carbocycles. The van der Waals surface area contributed by atoms with Gasteiger partial charge >= 0.3 is 0 Å². The summed E-state index contributed by atoms with van der Waals surface area (Å²) in [7, 11) is 0. The number of nitrogens with one attached hydrogen (secondary N) is 4. The lowest BCUT2D eigenvalue weighted by Crippen LogP contribution is -2.24. The topological polar surface area (TPSA) is 169 Å². The van der Waals surface area contributed by atoms with Crippen molar-refractivity contribution in [3.63, 3.8) is 0 Å². The van der Waals surface area contributed by atoms with Crippen LogP contribution in [0.15, 0.2) is 107 Å². The average molecular weight is 1080 g/mol. The lowest BCUT2D eigenvalue weighted by Gasteiger charge is -2.17. The van der Waals surface area contributed by atoms with E-state index in [1.807, 2.05) is 137 Å². The van der Waals surface area contributed by atoms with Crippen molar-refractivity contribution in [2.75, 3.05) is 49.9 Å². The number of thiazole rings is 1. The maximum atomic E-state index is 13.1. The van der Waals surface area contributed by atoms with Crippen LogP contribution in [-0.4, -0.2) is 92.4 Å². The van der Waals surface area contributed by atoms with Crippen LogP contribution in [0.3, 0.4) is 0 Å². The quantitative estimate of drug-likeness (QED) is 0.0429. The van der Waals surface area contributed by atoms with Gasteiger partial charge in [-0.2, -0.15) is 0 Å². The third kappa shape index (κ3) is 12.2. The first kappa shape index (κ1) is 55.7. The fourth-order valence-electron chi connectivity index (χ4n) is 10.7. The number of H-pyrrole nitrogens is 2. The zero-order valence-corrected chi connectivity index (χ0v) is 47.6. The number of rotatable bonds is 20. The highest BCUT2D eigenvalue weighted by atomic mass is 32.1. The van der Waals surface area contributed by atoms with Gasteiger partial charge in [-0.3, -0.25) is 19.2 Å². The number of aryl methyl sites for hydroxylation is 3. The SMILES string of the molecule is CCN(CC)CCCC(=O)c1c(C)[nH]c(/C=C2\C(=O)Nc3cc(-c4csc(-c5ccccc5)n4)ccc32)c1C.CCN(CC)CCCC(=O)c1c(C)[nH]c(/C=C2\C(=O)Nc3cc(-c4oc(-c5ccccc5)nc4C)ccc32)c1C. The second-order valence-electron chi connectivity index (χ2n) is 20.2. The molecule has 0 atom stereocenters. The van der Waals surface area contributed by atoms with E-state index in [1.165, 1.54) is 0 Å². The molecular formula is C65H70N8O5S. The Morgan fingerprint density at radius 3 is 1.54 bits per heavy atom. The van der Waals surface area contributed by atoms with E-state index in [1.54, 1.807) is 11.3 Å². The second-order valence-corrected chi connectivity index (χ2v) is 21.0. The predicted octanol–water partition coefficient (Wildman–Crippen LogP) is 14.3. The Labute approximate surface area is 467 Å². The molecular weight excluding hydrogens is 1000 g/mol. The summed E-state index contributed by atoms with van der Waals surface area (Å²) in [5.41, 5.74) is 16.3. The molecule has 79 heavy (non-hydrogen) atoms. The van der Waals surface area contributed by atoms with Crippen molar-refractivity contribution in [1.82, 2.24) is 29.7 Å². The molecule has 0 radical (unpaired) electrons. The van der Waals surface area contributed by atoms with Crippen molar-refractivity contribution in [2.24, 2.45) is 0 Å². The van der Waals surface area contributed by atoms with Crippen molar-refractivity contribution in [3.05, 3.63) is 164 Å². The highest BCUT2D eigenvalue weighted by Crippen LogP contribution is 2.40. The summed E-state index contributed by atoms with van der Waals surface area (Å²) >= 11 is 1.61. The van der Waals surface area contributed by atoms with Crippen LogP contribution in [0.2, 0.25) is 0 Å².